The molecule has 0 unspecified atom stereocenters. The van der Waals surface area contributed by atoms with Crippen molar-refractivity contribution in [3.63, 3.8) is 0 Å². The Morgan fingerprint density at radius 1 is 0.327 bits per heavy atom. The molecule has 0 aliphatic heterocycles. The van der Waals surface area contributed by atoms with Crippen LogP contribution in [0.3, 0.4) is 0 Å². The number of anilines is 3. The summed E-state index contributed by atoms with van der Waals surface area (Å²) in [4.78, 5) is 2.44. The van der Waals surface area contributed by atoms with Crippen molar-refractivity contribution in [2.75, 3.05) is 4.90 Å². The molecule has 244 valence electrons. The summed E-state index contributed by atoms with van der Waals surface area (Å²) < 4.78 is 2.62. The van der Waals surface area contributed by atoms with Crippen molar-refractivity contribution in [1.82, 2.24) is 0 Å². The van der Waals surface area contributed by atoms with Crippen LogP contribution in [0.4, 0.5) is 17.1 Å². The number of nitrogens with zero attached hydrogens (tertiary/aromatic N) is 1. The summed E-state index contributed by atoms with van der Waals surface area (Å²) in [6.45, 7) is 0. The van der Waals surface area contributed by atoms with Crippen LogP contribution in [0.1, 0.15) is 0 Å². The van der Waals surface area contributed by atoms with Gasteiger partial charge in [0.25, 0.3) is 0 Å². The summed E-state index contributed by atoms with van der Waals surface area (Å²) in [6.07, 6.45) is 0. The maximum absolute atomic E-state index is 2.44. The maximum Gasteiger partial charge on any atom is 0.0540 e. The minimum absolute atomic E-state index is 1.13. The van der Waals surface area contributed by atoms with E-state index in [0.717, 1.165) is 17.1 Å². The zero-order valence-electron chi connectivity index (χ0n) is 28.4. The van der Waals surface area contributed by atoms with E-state index in [1.54, 1.807) is 0 Å². The van der Waals surface area contributed by atoms with E-state index in [0.29, 0.717) is 0 Å². The van der Waals surface area contributed by atoms with Gasteiger partial charge in [-0.2, -0.15) is 0 Å². The molecule has 0 fully saturated rings. The van der Waals surface area contributed by atoms with E-state index in [1.165, 1.54) is 75.1 Å². The first-order chi connectivity index (χ1) is 25.8. The molecular formula is C50H33NS. The monoisotopic (exact) mass is 679 g/mol. The van der Waals surface area contributed by atoms with E-state index < -0.39 is 0 Å². The highest BCUT2D eigenvalue weighted by Crippen LogP contribution is 2.47. The molecule has 0 saturated heterocycles. The molecular weight excluding hydrogens is 647 g/mol. The van der Waals surface area contributed by atoms with Crippen molar-refractivity contribution in [2.45, 2.75) is 0 Å². The number of para-hydroxylation sites is 1. The van der Waals surface area contributed by atoms with Crippen LogP contribution in [-0.4, -0.2) is 0 Å². The summed E-state index contributed by atoms with van der Waals surface area (Å²) >= 11 is 1.89. The maximum atomic E-state index is 2.44. The molecule has 0 aliphatic carbocycles. The van der Waals surface area contributed by atoms with Crippen LogP contribution in [0, 0.1) is 0 Å². The van der Waals surface area contributed by atoms with Crippen LogP contribution in [0.25, 0.3) is 75.1 Å². The number of fused-ring (bicyclic) bond motifs is 6. The van der Waals surface area contributed by atoms with Crippen molar-refractivity contribution in [3.8, 4) is 33.4 Å². The predicted molar refractivity (Wildman–Crippen MR) is 225 cm³/mol. The molecule has 10 aromatic rings. The summed E-state index contributed by atoms with van der Waals surface area (Å²) in [5.41, 5.74) is 10.7. The summed E-state index contributed by atoms with van der Waals surface area (Å²) in [7, 11) is 0. The lowest BCUT2D eigenvalue weighted by atomic mass is 9.95. The van der Waals surface area contributed by atoms with E-state index in [2.05, 4.69) is 205 Å². The number of hydrogen-bond donors (Lipinski definition) is 0. The molecule has 10 rings (SSSR count). The van der Waals surface area contributed by atoms with E-state index in [-0.39, 0.29) is 0 Å². The zero-order chi connectivity index (χ0) is 34.4. The predicted octanol–water partition coefficient (Wildman–Crippen LogP) is 14.8. The Morgan fingerprint density at radius 2 is 0.904 bits per heavy atom. The third-order valence-corrected chi connectivity index (χ3v) is 11.5. The van der Waals surface area contributed by atoms with Crippen LogP contribution >= 0.6 is 11.3 Å². The first-order valence-corrected chi connectivity index (χ1v) is 18.6. The second kappa shape index (κ2) is 12.7. The third kappa shape index (κ3) is 5.24. The lowest BCUT2D eigenvalue weighted by Crippen LogP contribution is -2.11. The fourth-order valence-corrected chi connectivity index (χ4v) is 8.91. The van der Waals surface area contributed by atoms with Gasteiger partial charge in [-0.25, -0.2) is 0 Å². The summed E-state index contributed by atoms with van der Waals surface area (Å²) in [5.74, 6) is 0. The number of benzene rings is 9. The topological polar surface area (TPSA) is 3.24 Å². The van der Waals surface area contributed by atoms with Crippen molar-refractivity contribution in [3.05, 3.63) is 200 Å². The minimum Gasteiger partial charge on any atom is -0.310 e. The SMILES string of the molecule is c1ccc(-c2ccc(-c3ccccc3N(c3ccc4ccccc4c3)c3ccc4sc5c6ccccc6c(-c6ccccc6)cc5c4c3)cc2)cc1. The molecule has 1 aromatic heterocycles. The van der Waals surface area contributed by atoms with Crippen molar-refractivity contribution in [1.29, 1.82) is 0 Å². The Bertz CT molecular complexity index is 2890. The van der Waals surface area contributed by atoms with Gasteiger partial charge in [0.1, 0.15) is 0 Å². The van der Waals surface area contributed by atoms with E-state index >= 15 is 0 Å². The van der Waals surface area contributed by atoms with Crippen LogP contribution in [0.15, 0.2) is 200 Å². The van der Waals surface area contributed by atoms with Gasteiger partial charge in [0.2, 0.25) is 0 Å². The average molecular weight is 680 g/mol. The highest BCUT2D eigenvalue weighted by molar-refractivity contribution is 7.26. The van der Waals surface area contributed by atoms with E-state index in [9.17, 15) is 0 Å². The molecule has 0 N–H and O–H groups in total. The van der Waals surface area contributed by atoms with Gasteiger partial charge in [-0.3, -0.25) is 0 Å². The van der Waals surface area contributed by atoms with Gasteiger partial charge in [0.15, 0.2) is 0 Å². The molecule has 0 atom stereocenters. The molecule has 9 aromatic carbocycles. The largest absolute Gasteiger partial charge is 0.310 e. The molecule has 2 heteroatoms. The van der Waals surface area contributed by atoms with Gasteiger partial charge in [0, 0.05) is 42.5 Å². The number of thiophene rings is 1. The Balaban J connectivity index is 1.19. The third-order valence-electron chi connectivity index (χ3n) is 10.2. The Labute approximate surface area is 307 Å². The first kappa shape index (κ1) is 30.4. The fourth-order valence-electron chi connectivity index (χ4n) is 7.71. The normalized spacial score (nSPS) is 11.5. The molecule has 1 nitrogen and oxygen atoms in total. The number of rotatable bonds is 6. The average Bonchev–Trinajstić information content (AvgIpc) is 3.60. The highest BCUT2D eigenvalue weighted by Gasteiger charge is 2.20. The van der Waals surface area contributed by atoms with Gasteiger partial charge in [-0.05, 0) is 86.4 Å². The summed E-state index contributed by atoms with van der Waals surface area (Å²) in [5, 5.41) is 7.61. The zero-order valence-corrected chi connectivity index (χ0v) is 29.2. The second-order valence-electron chi connectivity index (χ2n) is 13.3. The molecule has 52 heavy (non-hydrogen) atoms. The van der Waals surface area contributed by atoms with Crippen molar-refractivity contribution < 1.29 is 0 Å². The quantitative estimate of drug-likeness (QED) is 0.169. The lowest BCUT2D eigenvalue weighted by molar-refractivity contribution is 1.29. The fraction of sp³-hybridized carbons (Fsp3) is 0. The van der Waals surface area contributed by atoms with E-state index in [1.807, 2.05) is 11.3 Å². The van der Waals surface area contributed by atoms with Gasteiger partial charge in [-0.15, -0.1) is 11.3 Å². The Hall–Kier alpha value is -6.48. The van der Waals surface area contributed by atoms with Crippen LogP contribution in [0.2, 0.25) is 0 Å². The first-order valence-electron chi connectivity index (χ1n) is 17.8. The minimum atomic E-state index is 1.13. The smallest absolute Gasteiger partial charge is 0.0540 e. The van der Waals surface area contributed by atoms with Gasteiger partial charge >= 0.3 is 0 Å². The molecule has 1 heterocycles. The Morgan fingerprint density at radius 3 is 1.71 bits per heavy atom. The molecule has 0 spiro atoms. The van der Waals surface area contributed by atoms with Gasteiger partial charge in [0.05, 0.1) is 5.69 Å². The number of hydrogen-bond acceptors (Lipinski definition) is 2. The molecule has 0 amide bonds. The van der Waals surface area contributed by atoms with Crippen LogP contribution in [-0.2, 0) is 0 Å². The molecule has 0 bridgehead atoms. The standard InChI is InChI=1S/C50H33NS/c1-3-13-34(14-4-1)36-23-25-38(26-24-36)42-19-11-12-22-48(42)51(40-28-27-35-15-7-8-18-39(35)31-40)41-29-30-49-46(32-41)47-33-45(37-16-5-2-6-17-37)43-20-9-10-21-44(43)50(47)52-49/h1-33H. The molecule has 0 aliphatic rings. The van der Waals surface area contributed by atoms with E-state index in [4.69, 9.17) is 0 Å². The van der Waals surface area contributed by atoms with Crippen LogP contribution < -0.4 is 4.90 Å². The highest BCUT2D eigenvalue weighted by atomic mass is 32.1. The van der Waals surface area contributed by atoms with Crippen molar-refractivity contribution >= 4 is 70.1 Å². The molecule has 0 radical (unpaired) electrons. The van der Waals surface area contributed by atoms with Gasteiger partial charge in [-0.1, -0.05) is 158 Å². The second-order valence-corrected chi connectivity index (χ2v) is 14.4. The van der Waals surface area contributed by atoms with Gasteiger partial charge < -0.3 is 4.90 Å². The van der Waals surface area contributed by atoms with Crippen LogP contribution in [0.5, 0.6) is 0 Å². The lowest BCUT2D eigenvalue weighted by Gasteiger charge is -2.28. The summed E-state index contributed by atoms with van der Waals surface area (Å²) in [6, 6.07) is 72.9. The van der Waals surface area contributed by atoms with Crippen molar-refractivity contribution in [2.24, 2.45) is 0 Å². The Kier molecular flexibility index (Phi) is 7.41. The molecule has 0 saturated carbocycles.